The highest BCUT2D eigenvalue weighted by Gasteiger charge is 2.34. The van der Waals surface area contributed by atoms with Crippen LogP contribution in [0.2, 0.25) is 5.02 Å². The summed E-state index contributed by atoms with van der Waals surface area (Å²) in [6.07, 6.45) is 0. The molecular weight excluding hydrogens is 291 g/mol. The molecule has 0 aliphatic carbocycles. The van der Waals surface area contributed by atoms with Crippen LogP contribution in [0.1, 0.15) is 13.8 Å². The van der Waals surface area contributed by atoms with E-state index in [1.165, 1.54) is 16.4 Å². The van der Waals surface area contributed by atoms with Crippen LogP contribution in [-0.4, -0.2) is 37.9 Å². The lowest BCUT2D eigenvalue weighted by Gasteiger charge is -2.36. The normalized spacial score (nSPS) is 25.5. The molecule has 2 atom stereocenters. The van der Waals surface area contributed by atoms with E-state index < -0.39 is 15.8 Å². The van der Waals surface area contributed by atoms with Crippen LogP contribution < -0.4 is 5.32 Å². The lowest BCUT2D eigenvalue weighted by Crippen LogP contribution is -2.56. The summed E-state index contributed by atoms with van der Waals surface area (Å²) in [5, 5.41) is 3.37. The predicted octanol–water partition coefficient (Wildman–Crippen LogP) is 1.85. The standard InChI is InChI=1S/C12H16ClFN2O2S/c1-8-7-16(9(2)6-15-8)19(17,18)12-4-3-10(13)5-11(12)14/h3-5,8-9,15H,6-7H2,1-2H3. The Hall–Kier alpha value is -0.690. The first-order valence-electron chi connectivity index (χ1n) is 6.02. The van der Waals surface area contributed by atoms with Crippen LogP contribution in [0.4, 0.5) is 4.39 Å². The van der Waals surface area contributed by atoms with Crippen LogP contribution in [0.3, 0.4) is 0 Å². The van der Waals surface area contributed by atoms with E-state index >= 15 is 0 Å². The molecule has 1 saturated heterocycles. The molecule has 1 aliphatic rings. The van der Waals surface area contributed by atoms with Crippen molar-refractivity contribution >= 4 is 21.6 Å². The molecule has 106 valence electrons. The molecule has 1 aliphatic heterocycles. The van der Waals surface area contributed by atoms with E-state index in [0.29, 0.717) is 13.1 Å². The van der Waals surface area contributed by atoms with Gasteiger partial charge in [-0.2, -0.15) is 4.31 Å². The van der Waals surface area contributed by atoms with Crippen LogP contribution >= 0.6 is 11.6 Å². The maximum absolute atomic E-state index is 13.8. The molecule has 7 heteroatoms. The highest BCUT2D eigenvalue weighted by molar-refractivity contribution is 7.89. The fourth-order valence-corrected chi connectivity index (χ4v) is 4.06. The van der Waals surface area contributed by atoms with Crippen molar-refractivity contribution in [3.63, 3.8) is 0 Å². The highest BCUT2D eigenvalue weighted by atomic mass is 35.5. The quantitative estimate of drug-likeness (QED) is 0.907. The summed E-state index contributed by atoms with van der Waals surface area (Å²) in [6, 6.07) is 3.45. The maximum atomic E-state index is 13.8. The summed E-state index contributed by atoms with van der Waals surface area (Å²) < 4.78 is 40.1. The van der Waals surface area contributed by atoms with Gasteiger partial charge in [0.25, 0.3) is 0 Å². The van der Waals surface area contributed by atoms with Gasteiger partial charge in [-0.3, -0.25) is 0 Å². The number of nitrogens with one attached hydrogen (secondary N) is 1. The van der Waals surface area contributed by atoms with Crippen molar-refractivity contribution in [2.24, 2.45) is 0 Å². The van der Waals surface area contributed by atoms with Crippen molar-refractivity contribution in [1.82, 2.24) is 9.62 Å². The highest BCUT2D eigenvalue weighted by Crippen LogP contribution is 2.25. The third-order valence-corrected chi connectivity index (χ3v) is 5.44. The van der Waals surface area contributed by atoms with Crippen LogP contribution in [0.5, 0.6) is 0 Å². The topological polar surface area (TPSA) is 49.4 Å². The van der Waals surface area contributed by atoms with Crippen molar-refractivity contribution in [1.29, 1.82) is 0 Å². The zero-order valence-electron chi connectivity index (χ0n) is 10.7. The third kappa shape index (κ3) is 2.91. The van der Waals surface area contributed by atoms with Crippen LogP contribution in [0.15, 0.2) is 23.1 Å². The molecule has 2 rings (SSSR count). The van der Waals surface area contributed by atoms with Crippen molar-refractivity contribution in [3.05, 3.63) is 29.0 Å². The first-order valence-corrected chi connectivity index (χ1v) is 7.84. The summed E-state index contributed by atoms with van der Waals surface area (Å²) in [4.78, 5) is -0.321. The molecule has 0 spiro atoms. The van der Waals surface area contributed by atoms with Crippen LogP contribution in [0.25, 0.3) is 0 Å². The average Bonchev–Trinajstić information content (AvgIpc) is 2.31. The largest absolute Gasteiger partial charge is 0.311 e. The van der Waals surface area contributed by atoms with Gasteiger partial charge in [0, 0.05) is 30.2 Å². The molecule has 0 radical (unpaired) electrons. The predicted molar refractivity (Wildman–Crippen MR) is 72.2 cm³/mol. The molecule has 2 unspecified atom stereocenters. The Kier molecular flexibility index (Phi) is 4.15. The summed E-state index contributed by atoms with van der Waals surface area (Å²) in [5.74, 6) is -0.814. The van der Waals surface area contributed by atoms with E-state index in [4.69, 9.17) is 11.6 Å². The Morgan fingerprint density at radius 2 is 2.11 bits per heavy atom. The van der Waals surface area contributed by atoms with Crippen molar-refractivity contribution in [2.45, 2.75) is 30.8 Å². The molecule has 1 fully saturated rings. The Balaban J connectivity index is 2.41. The molecule has 19 heavy (non-hydrogen) atoms. The van der Waals surface area contributed by atoms with Gasteiger partial charge in [0.2, 0.25) is 10.0 Å². The van der Waals surface area contributed by atoms with Gasteiger partial charge in [0.1, 0.15) is 10.7 Å². The second kappa shape index (κ2) is 5.36. The Morgan fingerprint density at radius 3 is 2.74 bits per heavy atom. The van der Waals surface area contributed by atoms with E-state index in [0.717, 1.165) is 6.07 Å². The van der Waals surface area contributed by atoms with Crippen molar-refractivity contribution < 1.29 is 12.8 Å². The maximum Gasteiger partial charge on any atom is 0.246 e. The molecule has 0 amide bonds. The summed E-state index contributed by atoms with van der Waals surface area (Å²) in [5.41, 5.74) is 0. The minimum Gasteiger partial charge on any atom is -0.311 e. The van der Waals surface area contributed by atoms with Crippen molar-refractivity contribution in [2.75, 3.05) is 13.1 Å². The Morgan fingerprint density at radius 1 is 1.42 bits per heavy atom. The number of nitrogens with zero attached hydrogens (tertiary/aromatic N) is 1. The van der Waals surface area contributed by atoms with Crippen molar-refractivity contribution in [3.8, 4) is 0 Å². The summed E-state index contributed by atoms with van der Waals surface area (Å²) in [7, 11) is -3.83. The molecule has 1 heterocycles. The van der Waals surface area contributed by atoms with Gasteiger partial charge < -0.3 is 5.32 Å². The number of benzene rings is 1. The van der Waals surface area contributed by atoms with Gasteiger partial charge >= 0.3 is 0 Å². The van der Waals surface area contributed by atoms with Gasteiger partial charge in [0.15, 0.2) is 0 Å². The third-order valence-electron chi connectivity index (χ3n) is 3.19. The second-order valence-electron chi connectivity index (χ2n) is 4.81. The zero-order valence-corrected chi connectivity index (χ0v) is 12.3. The van der Waals surface area contributed by atoms with E-state index in [2.05, 4.69) is 5.32 Å². The number of piperazine rings is 1. The van der Waals surface area contributed by atoms with E-state index in [1.54, 1.807) is 6.92 Å². The fourth-order valence-electron chi connectivity index (χ4n) is 2.13. The summed E-state index contributed by atoms with van der Waals surface area (Å²) in [6.45, 7) is 4.57. The van der Waals surface area contributed by atoms with Crippen LogP contribution in [0, 0.1) is 5.82 Å². The molecule has 1 N–H and O–H groups in total. The Bertz CT molecular complexity index is 579. The number of hydrogen-bond acceptors (Lipinski definition) is 3. The smallest absolute Gasteiger partial charge is 0.246 e. The monoisotopic (exact) mass is 306 g/mol. The number of sulfonamides is 1. The van der Waals surface area contributed by atoms with E-state index in [1.807, 2.05) is 6.92 Å². The minimum atomic E-state index is -3.83. The molecule has 0 bridgehead atoms. The second-order valence-corrected chi connectivity index (χ2v) is 7.10. The van der Waals surface area contributed by atoms with Gasteiger partial charge in [0.05, 0.1) is 0 Å². The van der Waals surface area contributed by atoms with E-state index in [-0.39, 0.29) is 22.0 Å². The molecular formula is C12H16ClFN2O2S. The fraction of sp³-hybridized carbons (Fsp3) is 0.500. The molecule has 0 saturated carbocycles. The minimum absolute atomic E-state index is 0.0429. The van der Waals surface area contributed by atoms with Gasteiger partial charge in [-0.15, -0.1) is 0 Å². The number of hydrogen-bond donors (Lipinski definition) is 1. The number of halogens is 2. The van der Waals surface area contributed by atoms with Gasteiger partial charge in [-0.05, 0) is 32.0 Å². The zero-order chi connectivity index (χ0) is 14.2. The SMILES string of the molecule is CC1CN(S(=O)(=O)c2ccc(Cl)cc2F)C(C)CN1. The summed E-state index contributed by atoms with van der Waals surface area (Å²) >= 11 is 5.65. The average molecular weight is 307 g/mol. The number of rotatable bonds is 2. The lowest BCUT2D eigenvalue weighted by molar-refractivity contribution is 0.244. The first kappa shape index (κ1) is 14.7. The molecule has 1 aromatic rings. The molecule has 0 aromatic heterocycles. The Labute approximate surface area is 117 Å². The van der Waals surface area contributed by atoms with E-state index in [9.17, 15) is 12.8 Å². The molecule has 1 aromatic carbocycles. The van der Waals surface area contributed by atoms with Gasteiger partial charge in [-0.1, -0.05) is 11.6 Å². The lowest BCUT2D eigenvalue weighted by atomic mass is 10.2. The first-order chi connectivity index (χ1) is 8.82. The molecule has 4 nitrogen and oxygen atoms in total. The van der Waals surface area contributed by atoms with Crippen LogP contribution in [-0.2, 0) is 10.0 Å². The van der Waals surface area contributed by atoms with Gasteiger partial charge in [-0.25, -0.2) is 12.8 Å².